The van der Waals surface area contributed by atoms with Gasteiger partial charge in [-0.1, -0.05) is 12.1 Å². The molecule has 1 aromatic carbocycles. The molecular weight excluding hydrogens is 296 g/mol. The predicted octanol–water partition coefficient (Wildman–Crippen LogP) is 2.17. The number of hydrogen-bond donors (Lipinski definition) is 0. The van der Waals surface area contributed by atoms with Gasteiger partial charge >= 0.3 is 0 Å². The summed E-state index contributed by atoms with van der Waals surface area (Å²) in [5, 5.41) is 0. The molecular formula is C18H24O5. The van der Waals surface area contributed by atoms with Gasteiger partial charge in [0.2, 0.25) is 0 Å². The van der Waals surface area contributed by atoms with Gasteiger partial charge in [0.15, 0.2) is 5.79 Å². The predicted molar refractivity (Wildman–Crippen MR) is 83.5 cm³/mol. The second-order valence-corrected chi connectivity index (χ2v) is 7.05. The number of methoxy groups -OCH3 is 1. The van der Waals surface area contributed by atoms with Crippen LogP contribution in [0.1, 0.15) is 19.4 Å². The summed E-state index contributed by atoms with van der Waals surface area (Å²) in [5.41, 5.74) is 1.27. The van der Waals surface area contributed by atoms with Crippen LogP contribution >= 0.6 is 0 Å². The van der Waals surface area contributed by atoms with Crippen LogP contribution in [0.4, 0.5) is 0 Å². The van der Waals surface area contributed by atoms with E-state index in [-0.39, 0.29) is 24.4 Å². The van der Waals surface area contributed by atoms with E-state index in [2.05, 4.69) is 12.1 Å². The molecule has 4 rings (SSSR count). The van der Waals surface area contributed by atoms with Gasteiger partial charge in [-0.25, -0.2) is 0 Å². The van der Waals surface area contributed by atoms with E-state index in [0.717, 1.165) is 12.2 Å². The molecule has 0 bridgehead atoms. The Morgan fingerprint density at radius 3 is 2.48 bits per heavy atom. The van der Waals surface area contributed by atoms with Crippen LogP contribution in [-0.2, 0) is 25.4 Å². The Kier molecular flexibility index (Phi) is 3.84. The molecule has 0 unspecified atom stereocenters. The molecule has 5 atom stereocenters. The second kappa shape index (κ2) is 5.74. The van der Waals surface area contributed by atoms with Gasteiger partial charge in [-0.05, 0) is 38.0 Å². The quantitative estimate of drug-likeness (QED) is 0.854. The molecule has 126 valence electrons. The maximum Gasteiger partial charge on any atom is 0.164 e. The summed E-state index contributed by atoms with van der Waals surface area (Å²) in [5.74, 6) is 0.678. The van der Waals surface area contributed by atoms with Crippen LogP contribution < -0.4 is 4.74 Å². The zero-order valence-electron chi connectivity index (χ0n) is 13.9. The molecule has 0 amide bonds. The zero-order chi connectivity index (χ0) is 16.0. The van der Waals surface area contributed by atoms with Gasteiger partial charge in [0.1, 0.15) is 24.1 Å². The lowest BCUT2D eigenvalue weighted by molar-refractivity contribution is -0.156. The molecule has 0 N–H and O–H groups in total. The van der Waals surface area contributed by atoms with Crippen molar-refractivity contribution in [2.24, 2.45) is 5.92 Å². The number of hydrogen-bond acceptors (Lipinski definition) is 5. The minimum atomic E-state index is -0.551. The molecule has 1 aromatic rings. The van der Waals surface area contributed by atoms with Gasteiger partial charge in [0.05, 0.1) is 26.4 Å². The molecule has 0 saturated carbocycles. The highest BCUT2D eigenvalue weighted by atomic mass is 16.8. The smallest absolute Gasteiger partial charge is 0.164 e. The lowest BCUT2D eigenvalue weighted by atomic mass is 9.89. The first-order chi connectivity index (χ1) is 11.1. The lowest BCUT2D eigenvalue weighted by Crippen LogP contribution is -2.51. The largest absolute Gasteiger partial charge is 0.497 e. The standard InChI is InChI=1S/C18H24O5/c1-18(2)22-14-10-21-15-12(9-20-17(15)16(14)23-18)8-11-4-6-13(19-3)7-5-11/h4-7,12,14-17H,8-10H2,1-3H3/t12-,14-,15+,16-,17-/m1/s1. The molecule has 0 spiro atoms. The summed E-state index contributed by atoms with van der Waals surface area (Å²) in [6.07, 6.45) is 0.942. The van der Waals surface area contributed by atoms with E-state index in [1.165, 1.54) is 5.56 Å². The lowest BCUT2D eigenvalue weighted by Gasteiger charge is -2.34. The van der Waals surface area contributed by atoms with Crippen molar-refractivity contribution in [2.75, 3.05) is 20.3 Å². The normalized spacial score (nSPS) is 38.1. The van der Waals surface area contributed by atoms with Crippen LogP contribution in [0.2, 0.25) is 0 Å². The van der Waals surface area contributed by atoms with Crippen LogP contribution in [0, 0.1) is 5.92 Å². The van der Waals surface area contributed by atoms with Gasteiger partial charge in [0.25, 0.3) is 0 Å². The monoisotopic (exact) mass is 320 g/mol. The summed E-state index contributed by atoms with van der Waals surface area (Å²) in [6.45, 7) is 5.18. The molecule has 0 aromatic heterocycles. The molecule has 0 radical (unpaired) electrons. The first-order valence-electron chi connectivity index (χ1n) is 8.27. The summed E-state index contributed by atoms with van der Waals surface area (Å²) < 4.78 is 29.3. The van der Waals surface area contributed by atoms with Crippen molar-refractivity contribution in [3.05, 3.63) is 29.8 Å². The fourth-order valence-electron chi connectivity index (χ4n) is 3.92. The molecule has 3 saturated heterocycles. The third-order valence-electron chi connectivity index (χ3n) is 4.95. The van der Waals surface area contributed by atoms with Crippen molar-refractivity contribution in [1.29, 1.82) is 0 Å². The van der Waals surface area contributed by atoms with Crippen LogP contribution in [0.15, 0.2) is 24.3 Å². The highest BCUT2D eigenvalue weighted by Gasteiger charge is 2.55. The first-order valence-corrected chi connectivity index (χ1v) is 8.27. The van der Waals surface area contributed by atoms with Gasteiger partial charge in [-0.15, -0.1) is 0 Å². The van der Waals surface area contributed by atoms with E-state index >= 15 is 0 Å². The Hall–Kier alpha value is -1.14. The van der Waals surface area contributed by atoms with Crippen molar-refractivity contribution in [1.82, 2.24) is 0 Å². The molecule has 0 aliphatic carbocycles. The van der Waals surface area contributed by atoms with E-state index < -0.39 is 5.79 Å². The maximum absolute atomic E-state index is 6.08. The highest BCUT2D eigenvalue weighted by molar-refractivity contribution is 5.27. The number of rotatable bonds is 3. The average molecular weight is 320 g/mol. The van der Waals surface area contributed by atoms with Crippen molar-refractivity contribution in [3.8, 4) is 5.75 Å². The van der Waals surface area contributed by atoms with Crippen molar-refractivity contribution < 1.29 is 23.7 Å². The van der Waals surface area contributed by atoms with E-state index in [4.69, 9.17) is 23.7 Å². The van der Waals surface area contributed by atoms with Crippen molar-refractivity contribution in [2.45, 2.75) is 50.5 Å². The zero-order valence-corrected chi connectivity index (χ0v) is 13.9. The molecule has 3 heterocycles. The van der Waals surface area contributed by atoms with Gasteiger partial charge < -0.3 is 23.7 Å². The van der Waals surface area contributed by atoms with Crippen molar-refractivity contribution >= 4 is 0 Å². The number of ether oxygens (including phenoxy) is 5. The summed E-state index contributed by atoms with van der Waals surface area (Å²) in [6, 6.07) is 8.21. The number of fused-ring (bicyclic) bond motifs is 3. The minimum absolute atomic E-state index is 0.0222. The number of benzene rings is 1. The van der Waals surface area contributed by atoms with Gasteiger partial charge in [-0.3, -0.25) is 0 Å². The maximum atomic E-state index is 6.08. The van der Waals surface area contributed by atoms with Crippen LogP contribution in [0.25, 0.3) is 0 Å². The van der Waals surface area contributed by atoms with E-state index in [9.17, 15) is 0 Å². The fraction of sp³-hybridized carbons (Fsp3) is 0.667. The second-order valence-electron chi connectivity index (χ2n) is 7.05. The molecule has 3 aliphatic heterocycles. The SMILES string of the molecule is COc1ccc(C[C@@H]2CO[C@@H]3[C@H]2OC[C@H]2OC(C)(C)O[C@@H]32)cc1. The van der Waals surface area contributed by atoms with E-state index in [0.29, 0.717) is 19.1 Å². The Labute approximate surface area is 136 Å². The Bertz CT molecular complexity index is 555. The highest BCUT2D eigenvalue weighted by Crippen LogP contribution is 2.41. The van der Waals surface area contributed by atoms with Gasteiger partial charge in [0, 0.05) is 5.92 Å². The van der Waals surface area contributed by atoms with E-state index in [1.807, 2.05) is 26.0 Å². The Morgan fingerprint density at radius 1 is 1.00 bits per heavy atom. The Balaban J connectivity index is 1.44. The third-order valence-corrected chi connectivity index (χ3v) is 4.95. The van der Waals surface area contributed by atoms with Crippen LogP contribution in [0.5, 0.6) is 5.75 Å². The Morgan fingerprint density at radius 2 is 1.74 bits per heavy atom. The summed E-state index contributed by atoms with van der Waals surface area (Å²) >= 11 is 0. The third kappa shape index (κ3) is 2.87. The first kappa shape index (κ1) is 15.4. The molecule has 23 heavy (non-hydrogen) atoms. The topological polar surface area (TPSA) is 46.2 Å². The molecule has 3 fully saturated rings. The minimum Gasteiger partial charge on any atom is -0.497 e. The molecule has 5 nitrogen and oxygen atoms in total. The molecule has 3 aliphatic rings. The summed E-state index contributed by atoms with van der Waals surface area (Å²) in [4.78, 5) is 0. The van der Waals surface area contributed by atoms with Crippen LogP contribution in [-0.4, -0.2) is 50.5 Å². The van der Waals surface area contributed by atoms with Crippen molar-refractivity contribution in [3.63, 3.8) is 0 Å². The van der Waals surface area contributed by atoms with Gasteiger partial charge in [-0.2, -0.15) is 0 Å². The van der Waals surface area contributed by atoms with E-state index in [1.54, 1.807) is 7.11 Å². The van der Waals surface area contributed by atoms with Crippen LogP contribution in [0.3, 0.4) is 0 Å². The fourth-order valence-corrected chi connectivity index (χ4v) is 3.92. The molecule has 5 heteroatoms. The summed E-state index contributed by atoms with van der Waals surface area (Å²) in [7, 11) is 1.68. The average Bonchev–Trinajstić information content (AvgIpc) is 3.07.